The van der Waals surface area contributed by atoms with Crippen LogP contribution in [0.15, 0.2) is 0 Å². The summed E-state index contributed by atoms with van der Waals surface area (Å²) in [7, 11) is -0.254. The monoisotopic (exact) mass is 244 g/mol. The molecule has 0 aromatic carbocycles. The van der Waals surface area contributed by atoms with Crippen LogP contribution < -0.4 is 0 Å². The van der Waals surface area contributed by atoms with Gasteiger partial charge in [0.2, 0.25) is 0 Å². The van der Waals surface area contributed by atoms with Crippen molar-refractivity contribution in [3.8, 4) is 0 Å². The third-order valence-corrected chi connectivity index (χ3v) is 9.68. The Bertz CT molecular complexity index is 217. The highest BCUT2D eigenvalue weighted by atomic mass is 32.3. The Hall–Kier alpha value is 0.310. The van der Waals surface area contributed by atoms with Crippen molar-refractivity contribution >= 4 is 10.0 Å². The Balaban J connectivity index is 1.76. The molecule has 0 bridgehead atoms. The van der Waals surface area contributed by atoms with Crippen LogP contribution in [0.3, 0.4) is 0 Å². The van der Waals surface area contributed by atoms with Crippen molar-refractivity contribution in [2.45, 2.75) is 58.7 Å². The van der Waals surface area contributed by atoms with Crippen molar-refractivity contribution < 1.29 is 4.74 Å². The summed E-state index contributed by atoms with van der Waals surface area (Å²) in [6, 6.07) is 0. The van der Waals surface area contributed by atoms with Crippen LogP contribution in [0.1, 0.15) is 46.5 Å². The molecule has 0 spiro atoms. The molecule has 3 unspecified atom stereocenters. The number of hydrogen-bond donors (Lipinski definition) is 0. The minimum atomic E-state index is -0.254. The summed E-state index contributed by atoms with van der Waals surface area (Å²) in [5, 5.41) is 0. The van der Waals surface area contributed by atoms with Crippen LogP contribution in [0, 0.1) is 5.92 Å². The van der Waals surface area contributed by atoms with E-state index in [4.69, 9.17) is 4.74 Å². The van der Waals surface area contributed by atoms with Crippen LogP contribution in [-0.2, 0) is 4.74 Å². The SMILES string of the molecule is CCS(CC)(CC)CCC1CCC2OC2C1. The highest BCUT2D eigenvalue weighted by Crippen LogP contribution is 2.49. The van der Waals surface area contributed by atoms with E-state index in [0.717, 1.165) is 5.92 Å². The van der Waals surface area contributed by atoms with E-state index in [-0.39, 0.29) is 10.0 Å². The van der Waals surface area contributed by atoms with Gasteiger partial charge in [0, 0.05) is 0 Å². The van der Waals surface area contributed by atoms with E-state index in [2.05, 4.69) is 20.8 Å². The van der Waals surface area contributed by atoms with Gasteiger partial charge in [-0.05, 0) is 54.6 Å². The van der Waals surface area contributed by atoms with Gasteiger partial charge in [-0.2, -0.15) is 0 Å². The fourth-order valence-corrected chi connectivity index (χ4v) is 6.14. The smallest absolute Gasteiger partial charge is 0.0844 e. The summed E-state index contributed by atoms with van der Waals surface area (Å²) in [5.74, 6) is 6.83. The van der Waals surface area contributed by atoms with Crippen molar-refractivity contribution in [2.24, 2.45) is 5.92 Å². The second kappa shape index (κ2) is 5.30. The average molecular weight is 244 g/mol. The Morgan fingerprint density at radius 3 is 2.25 bits per heavy atom. The van der Waals surface area contributed by atoms with Gasteiger partial charge in [0.05, 0.1) is 12.2 Å². The van der Waals surface area contributed by atoms with Gasteiger partial charge in [0.25, 0.3) is 0 Å². The first-order chi connectivity index (χ1) is 7.73. The first kappa shape index (κ1) is 12.8. The summed E-state index contributed by atoms with van der Waals surface area (Å²) < 4.78 is 5.63. The third-order valence-electron chi connectivity index (χ3n) is 4.91. The quantitative estimate of drug-likeness (QED) is 0.647. The van der Waals surface area contributed by atoms with Gasteiger partial charge in [0.15, 0.2) is 0 Å². The van der Waals surface area contributed by atoms with Crippen LogP contribution in [-0.4, -0.2) is 35.2 Å². The molecule has 2 fully saturated rings. The second-order valence-electron chi connectivity index (χ2n) is 5.48. The Morgan fingerprint density at radius 1 is 1.00 bits per heavy atom. The van der Waals surface area contributed by atoms with Gasteiger partial charge in [-0.1, -0.05) is 20.8 Å². The third kappa shape index (κ3) is 2.76. The molecule has 1 aliphatic carbocycles. The lowest BCUT2D eigenvalue weighted by atomic mass is 9.88. The molecule has 1 aliphatic heterocycles. The molecule has 0 aromatic rings. The average Bonchev–Trinajstić information content (AvgIpc) is 3.10. The van der Waals surface area contributed by atoms with Crippen LogP contribution in [0.4, 0.5) is 0 Å². The Morgan fingerprint density at radius 2 is 1.69 bits per heavy atom. The summed E-state index contributed by atoms with van der Waals surface area (Å²) >= 11 is 0. The molecular formula is C14H28OS. The topological polar surface area (TPSA) is 12.5 Å². The first-order valence-corrected chi connectivity index (χ1v) is 9.43. The number of ether oxygens (including phenoxy) is 1. The van der Waals surface area contributed by atoms with Gasteiger partial charge in [0.1, 0.15) is 0 Å². The number of rotatable bonds is 6. The molecule has 0 amide bonds. The molecule has 1 nitrogen and oxygen atoms in total. The van der Waals surface area contributed by atoms with Gasteiger partial charge in [-0.25, -0.2) is 10.0 Å². The van der Waals surface area contributed by atoms with Crippen molar-refractivity contribution in [3.63, 3.8) is 0 Å². The number of epoxide rings is 1. The molecule has 0 N–H and O–H groups in total. The maximum absolute atomic E-state index is 5.63. The predicted molar refractivity (Wildman–Crippen MR) is 74.7 cm³/mol. The van der Waals surface area contributed by atoms with E-state index in [1.54, 1.807) is 0 Å². The van der Waals surface area contributed by atoms with Crippen molar-refractivity contribution in [1.29, 1.82) is 0 Å². The molecule has 1 saturated heterocycles. The van der Waals surface area contributed by atoms with E-state index in [1.165, 1.54) is 48.7 Å². The van der Waals surface area contributed by atoms with E-state index in [0.29, 0.717) is 12.2 Å². The molecule has 96 valence electrons. The van der Waals surface area contributed by atoms with E-state index < -0.39 is 0 Å². The summed E-state index contributed by atoms with van der Waals surface area (Å²) in [6.45, 7) is 7.22. The molecular weight excluding hydrogens is 216 g/mol. The standard InChI is InChI=1S/C14H28OS/c1-4-16(5-2,6-3)10-9-12-7-8-13-14(11-12)15-13/h12-14H,4-11H2,1-3H3. The zero-order valence-electron chi connectivity index (χ0n) is 11.2. The fourth-order valence-electron chi connectivity index (χ4n) is 3.21. The van der Waals surface area contributed by atoms with E-state index in [1.807, 2.05) is 0 Å². The van der Waals surface area contributed by atoms with Crippen LogP contribution in [0.5, 0.6) is 0 Å². The molecule has 2 aliphatic rings. The molecule has 0 aromatic heterocycles. The van der Waals surface area contributed by atoms with Crippen molar-refractivity contribution in [3.05, 3.63) is 0 Å². The number of fused-ring (bicyclic) bond motifs is 1. The zero-order chi connectivity index (χ0) is 11.6. The molecule has 1 saturated carbocycles. The Labute approximate surface area is 103 Å². The highest BCUT2D eigenvalue weighted by molar-refractivity contribution is 8.33. The van der Waals surface area contributed by atoms with Crippen LogP contribution >= 0.6 is 10.0 Å². The maximum Gasteiger partial charge on any atom is 0.0844 e. The molecule has 3 atom stereocenters. The molecule has 2 rings (SSSR count). The predicted octanol–water partition coefficient (Wildman–Crippen LogP) is 3.81. The maximum atomic E-state index is 5.63. The normalized spacial score (nSPS) is 34.6. The van der Waals surface area contributed by atoms with Gasteiger partial charge in [-0.15, -0.1) is 0 Å². The second-order valence-corrected chi connectivity index (χ2v) is 10.1. The van der Waals surface area contributed by atoms with Crippen LogP contribution in [0.25, 0.3) is 0 Å². The van der Waals surface area contributed by atoms with E-state index >= 15 is 0 Å². The van der Waals surface area contributed by atoms with Gasteiger partial charge in [-0.3, -0.25) is 0 Å². The molecule has 1 heterocycles. The van der Waals surface area contributed by atoms with E-state index in [9.17, 15) is 0 Å². The van der Waals surface area contributed by atoms with Gasteiger partial charge >= 0.3 is 0 Å². The van der Waals surface area contributed by atoms with Crippen LogP contribution in [0.2, 0.25) is 0 Å². The summed E-state index contributed by atoms with van der Waals surface area (Å²) in [6.07, 6.45) is 7.00. The summed E-state index contributed by atoms with van der Waals surface area (Å²) in [5.41, 5.74) is 0. The fraction of sp³-hybridized carbons (Fsp3) is 1.00. The number of hydrogen-bond acceptors (Lipinski definition) is 1. The zero-order valence-corrected chi connectivity index (χ0v) is 12.0. The highest BCUT2D eigenvalue weighted by Gasteiger charge is 2.43. The molecule has 16 heavy (non-hydrogen) atoms. The Kier molecular flexibility index (Phi) is 4.23. The minimum Gasteiger partial charge on any atom is -0.370 e. The minimum absolute atomic E-state index is 0.254. The van der Waals surface area contributed by atoms with Crippen molar-refractivity contribution in [1.82, 2.24) is 0 Å². The van der Waals surface area contributed by atoms with Crippen molar-refractivity contribution in [2.75, 3.05) is 23.0 Å². The molecule has 2 heteroatoms. The largest absolute Gasteiger partial charge is 0.370 e. The first-order valence-electron chi connectivity index (χ1n) is 7.12. The lowest BCUT2D eigenvalue weighted by Crippen LogP contribution is -2.19. The molecule has 0 radical (unpaired) electrons. The lowest BCUT2D eigenvalue weighted by molar-refractivity contribution is 0.358. The lowest BCUT2D eigenvalue weighted by Gasteiger charge is -2.38. The van der Waals surface area contributed by atoms with Gasteiger partial charge < -0.3 is 4.74 Å². The summed E-state index contributed by atoms with van der Waals surface area (Å²) in [4.78, 5) is 0.